The Bertz CT molecular complexity index is 513. The lowest BCUT2D eigenvalue weighted by molar-refractivity contribution is -0.151. The number of hydrogen-bond donors (Lipinski definition) is 0. The third-order valence-electron chi connectivity index (χ3n) is 7.81. The first kappa shape index (κ1) is 15.7. The van der Waals surface area contributed by atoms with Crippen molar-refractivity contribution in [2.24, 2.45) is 35.0 Å². The van der Waals surface area contributed by atoms with Gasteiger partial charge in [0.15, 0.2) is 0 Å². The summed E-state index contributed by atoms with van der Waals surface area (Å²) in [6.45, 7) is 3.91. The Kier molecular flexibility index (Phi) is 3.81. The molecule has 4 fully saturated rings. The van der Waals surface area contributed by atoms with E-state index in [4.69, 9.17) is 4.74 Å². The third-order valence-corrected chi connectivity index (χ3v) is 7.81. The van der Waals surface area contributed by atoms with Crippen molar-refractivity contribution < 1.29 is 14.3 Å². The zero-order valence-electron chi connectivity index (χ0n) is 14.6. The van der Waals surface area contributed by atoms with Crippen LogP contribution in [0.15, 0.2) is 0 Å². The number of hydrogen-bond acceptors (Lipinski definition) is 3. The molecule has 0 aromatic carbocycles. The van der Waals surface area contributed by atoms with Crippen molar-refractivity contribution in [2.45, 2.75) is 77.7 Å². The van der Waals surface area contributed by atoms with Crippen LogP contribution in [0.4, 0.5) is 0 Å². The van der Waals surface area contributed by atoms with Gasteiger partial charge in [-0.1, -0.05) is 6.92 Å². The molecule has 3 nitrogen and oxygen atoms in total. The number of fused-ring (bicyclic) bond motifs is 5. The fourth-order valence-corrected chi connectivity index (χ4v) is 6.93. The molecule has 0 saturated heterocycles. The smallest absolute Gasteiger partial charge is 0.302 e. The van der Waals surface area contributed by atoms with Crippen LogP contribution in [0.2, 0.25) is 0 Å². The highest BCUT2D eigenvalue weighted by Gasteiger charge is 2.55. The molecule has 3 heteroatoms. The first-order valence-electron chi connectivity index (χ1n) is 9.65. The normalized spacial score (nSPS) is 49.0. The maximum Gasteiger partial charge on any atom is 0.302 e. The Labute approximate surface area is 139 Å². The number of carbonyl (C=O) groups excluding carboxylic acids is 2. The zero-order chi connectivity index (χ0) is 16.2. The molecule has 0 bridgehead atoms. The second-order valence-corrected chi connectivity index (χ2v) is 9.09. The topological polar surface area (TPSA) is 43.4 Å². The highest BCUT2D eigenvalue weighted by Crippen LogP contribution is 2.61. The largest absolute Gasteiger partial charge is 0.463 e. The number of esters is 1. The summed E-state index contributed by atoms with van der Waals surface area (Å²) in [5.74, 6) is 4.22. The Balaban J connectivity index is 1.48. The molecule has 128 valence electrons. The Morgan fingerprint density at radius 1 is 1.09 bits per heavy atom. The summed E-state index contributed by atoms with van der Waals surface area (Å²) in [6.07, 6.45) is 10.4. The second kappa shape index (κ2) is 5.60. The molecule has 0 heterocycles. The molecule has 0 amide bonds. The molecule has 4 rings (SSSR count). The minimum absolute atomic E-state index is 0.125. The summed E-state index contributed by atoms with van der Waals surface area (Å²) >= 11 is 0. The van der Waals surface area contributed by atoms with Crippen LogP contribution in [0.3, 0.4) is 0 Å². The standard InChI is InChI=1S/C20H30O3/c1-12(21)23-15-4-6-16-13(9-15)3-5-18-17(16)7-8-20(2)11-14(22)10-19(18)20/h13,15-19H,3-11H2,1-2H3. The van der Waals surface area contributed by atoms with Crippen LogP contribution in [0.25, 0.3) is 0 Å². The number of Topliss-reactive ketones (excluding diaryl/α,β-unsaturated/α-hetero) is 1. The zero-order valence-corrected chi connectivity index (χ0v) is 14.6. The number of carbonyl (C=O) groups is 2. The van der Waals surface area contributed by atoms with E-state index in [-0.39, 0.29) is 12.1 Å². The monoisotopic (exact) mass is 318 g/mol. The fraction of sp³-hybridized carbons (Fsp3) is 0.900. The van der Waals surface area contributed by atoms with Crippen molar-refractivity contribution in [1.29, 1.82) is 0 Å². The summed E-state index contributed by atoms with van der Waals surface area (Å²) in [7, 11) is 0. The van der Waals surface area contributed by atoms with Crippen LogP contribution in [0.5, 0.6) is 0 Å². The summed E-state index contributed by atoms with van der Waals surface area (Å²) in [5, 5.41) is 0. The predicted molar refractivity (Wildman–Crippen MR) is 87.7 cm³/mol. The summed E-state index contributed by atoms with van der Waals surface area (Å²) in [6, 6.07) is 0. The molecule has 4 aliphatic rings. The van der Waals surface area contributed by atoms with Gasteiger partial charge in [-0.3, -0.25) is 9.59 Å². The molecule has 7 atom stereocenters. The van der Waals surface area contributed by atoms with Crippen molar-refractivity contribution in [3.63, 3.8) is 0 Å². The van der Waals surface area contributed by atoms with Gasteiger partial charge >= 0.3 is 5.97 Å². The van der Waals surface area contributed by atoms with E-state index in [1.54, 1.807) is 0 Å². The van der Waals surface area contributed by atoms with Gasteiger partial charge in [-0.05, 0) is 80.0 Å². The Morgan fingerprint density at radius 3 is 2.65 bits per heavy atom. The number of ether oxygens (including phenoxy) is 1. The van der Waals surface area contributed by atoms with Crippen molar-refractivity contribution in [2.75, 3.05) is 0 Å². The lowest BCUT2D eigenvalue weighted by Gasteiger charge is -2.55. The average Bonchev–Trinajstić information content (AvgIpc) is 2.80. The molecule has 4 saturated carbocycles. The van der Waals surface area contributed by atoms with E-state index < -0.39 is 0 Å². The van der Waals surface area contributed by atoms with Crippen molar-refractivity contribution >= 4 is 11.8 Å². The van der Waals surface area contributed by atoms with Gasteiger partial charge in [0.2, 0.25) is 0 Å². The van der Waals surface area contributed by atoms with Crippen molar-refractivity contribution in [1.82, 2.24) is 0 Å². The quantitative estimate of drug-likeness (QED) is 0.682. The van der Waals surface area contributed by atoms with Gasteiger partial charge in [0.25, 0.3) is 0 Å². The Morgan fingerprint density at radius 2 is 1.87 bits per heavy atom. The molecule has 7 unspecified atom stereocenters. The molecular weight excluding hydrogens is 288 g/mol. The summed E-state index contributed by atoms with van der Waals surface area (Å²) < 4.78 is 5.49. The first-order chi connectivity index (χ1) is 11.0. The third kappa shape index (κ3) is 2.64. The van der Waals surface area contributed by atoms with E-state index in [1.165, 1.54) is 39.0 Å². The van der Waals surface area contributed by atoms with Crippen LogP contribution in [-0.4, -0.2) is 17.9 Å². The van der Waals surface area contributed by atoms with Gasteiger partial charge in [-0.15, -0.1) is 0 Å². The molecule has 0 aromatic heterocycles. The van der Waals surface area contributed by atoms with E-state index in [0.717, 1.165) is 49.4 Å². The van der Waals surface area contributed by atoms with E-state index >= 15 is 0 Å². The fourth-order valence-electron chi connectivity index (χ4n) is 6.93. The van der Waals surface area contributed by atoms with Gasteiger partial charge in [-0.25, -0.2) is 0 Å². The van der Waals surface area contributed by atoms with E-state index in [9.17, 15) is 9.59 Å². The molecule has 4 aliphatic carbocycles. The second-order valence-electron chi connectivity index (χ2n) is 9.09. The van der Waals surface area contributed by atoms with Crippen LogP contribution in [0, 0.1) is 35.0 Å². The first-order valence-corrected chi connectivity index (χ1v) is 9.65. The number of ketones is 1. The van der Waals surface area contributed by atoms with Gasteiger partial charge in [0, 0.05) is 19.8 Å². The maximum atomic E-state index is 12.1. The van der Waals surface area contributed by atoms with Crippen LogP contribution in [-0.2, 0) is 14.3 Å². The van der Waals surface area contributed by atoms with Crippen LogP contribution >= 0.6 is 0 Å². The summed E-state index contributed by atoms with van der Waals surface area (Å²) in [5.41, 5.74) is 0.306. The van der Waals surface area contributed by atoms with Gasteiger partial charge in [0.1, 0.15) is 11.9 Å². The minimum Gasteiger partial charge on any atom is -0.463 e. The lowest BCUT2D eigenvalue weighted by Crippen LogP contribution is -2.48. The van der Waals surface area contributed by atoms with Crippen LogP contribution in [0.1, 0.15) is 71.6 Å². The highest BCUT2D eigenvalue weighted by molar-refractivity contribution is 5.82. The molecule has 23 heavy (non-hydrogen) atoms. The van der Waals surface area contributed by atoms with Gasteiger partial charge in [-0.2, -0.15) is 0 Å². The van der Waals surface area contributed by atoms with Gasteiger partial charge < -0.3 is 4.74 Å². The molecule has 0 radical (unpaired) electrons. The molecule has 0 aliphatic heterocycles. The minimum atomic E-state index is -0.125. The van der Waals surface area contributed by atoms with E-state index in [2.05, 4.69) is 6.92 Å². The predicted octanol–water partition coefficient (Wildman–Crippen LogP) is 4.14. The molecule has 0 aromatic rings. The van der Waals surface area contributed by atoms with Crippen molar-refractivity contribution in [3.05, 3.63) is 0 Å². The van der Waals surface area contributed by atoms with Crippen LogP contribution < -0.4 is 0 Å². The van der Waals surface area contributed by atoms with Gasteiger partial charge in [0.05, 0.1) is 0 Å². The van der Waals surface area contributed by atoms with E-state index in [1.807, 2.05) is 0 Å². The maximum absolute atomic E-state index is 12.1. The Hall–Kier alpha value is -0.860. The molecule has 0 N–H and O–H groups in total. The number of rotatable bonds is 1. The summed E-state index contributed by atoms with van der Waals surface area (Å²) in [4.78, 5) is 23.3. The van der Waals surface area contributed by atoms with Crippen molar-refractivity contribution in [3.8, 4) is 0 Å². The molecular formula is C20H30O3. The molecule has 0 spiro atoms. The average molecular weight is 318 g/mol. The highest BCUT2D eigenvalue weighted by atomic mass is 16.5. The SMILES string of the molecule is CC(=O)OC1CCC2C(CCC3C2CCC2(C)CC(=O)CC32)C1. The van der Waals surface area contributed by atoms with E-state index in [0.29, 0.717) is 17.1 Å². The lowest BCUT2D eigenvalue weighted by atomic mass is 9.50.